The van der Waals surface area contributed by atoms with Crippen molar-refractivity contribution in [3.8, 4) is 11.3 Å². The Morgan fingerprint density at radius 1 is 0.677 bits per heavy atom. The van der Waals surface area contributed by atoms with Gasteiger partial charge in [0.25, 0.3) is 5.91 Å². The van der Waals surface area contributed by atoms with Gasteiger partial charge >= 0.3 is 0 Å². The minimum absolute atomic E-state index is 0.00441. The molecule has 0 radical (unpaired) electrons. The number of rotatable bonds is 25. The quantitative estimate of drug-likeness (QED) is 0.0488. The molecule has 65 heavy (non-hydrogen) atoms. The molecule has 3 fully saturated rings. The number of likely N-dealkylation sites (tertiary alicyclic amines) is 1. The molecule has 2 aliphatic carbocycles. The minimum atomic E-state index is -0.828. The maximum Gasteiger partial charge on any atom is 0.253 e. The first-order valence-corrected chi connectivity index (χ1v) is 24.3. The van der Waals surface area contributed by atoms with Crippen molar-refractivity contribution in [1.82, 2.24) is 31.2 Å². The van der Waals surface area contributed by atoms with Crippen LogP contribution in [-0.2, 0) is 25.6 Å². The van der Waals surface area contributed by atoms with Crippen molar-refractivity contribution in [3.05, 3.63) is 114 Å². The van der Waals surface area contributed by atoms with Gasteiger partial charge in [0.1, 0.15) is 6.04 Å². The summed E-state index contributed by atoms with van der Waals surface area (Å²) >= 11 is 0. The third kappa shape index (κ3) is 13.4. The van der Waals surface area contributed by atoms with E-state index in [9.17, 15) is 24.0 Å². The van der Waals surface area contributed by atoms with Crippen molar-refractivity contribution in [2.24, 2.45) is 11.8 Å². The number of unbranched alkanes of at least 4 members (excludes halogenated alkanes) is 9. The zero-order valence-electron chi connectivity index (χ0n) is 38.3. The molecule has 1 saturated heterocycles. The van der Waals surface area contributed by atoms with Gasteiger partial charge in [-0.25, -0.2) is 4.98 Å². The van der Waals surface area contributed by atoms with Gasteiger partial charge in [-0.3, -0.25) is 24.0 Å². The zero-order valence-corrected chi connectivity index (χ0v) is 38.3. The van der Waals surface area contributed by atoms with Crippen LogP contribution < -0.4 is 21.3 Å². The van der Waals surface area contributed by atoms with Crippen LogP contribution in [0.2, 0.25) is 0 Å². The van der Waals surface area contributed by atoms with Crippen molar-refractivity contribution < 1.29 is 28.4 Å². The van der Waals surface area contributed by atoms with Crippen LogP contribution in [0.3, 0.4) is 0 Å². The van der Waals surface area contributed by atoms with Gasteiger partial charge in [0.05, 0.1) is 24.5 Å². The highest BCUT2D eigenvalue weighted by molar-refractivity contribution is 5.97. The Balaban J connectivity index is 0.968. The number of hydrogen-bond acceptors (Lipinski definition) is 7. The molecule has 346 valence electrons. The summed E-state index contributed by atoms with van der Waals surface area (Å²) in [6.45, 7) is 5.14. The van der Waals surface area contributed by atoms with E-state index in [1.54, 1.807) is 35.4 Å². The number of oxazole rings is 1. The van der Waals surface area contributed by atoms with Crippen LogP contribution in [0.25, 0.3) is 11.3 Å². The van der Waals surface area contributed by atoms with Crippen LogP contribution >= 0.6 is 0 Å². The molecule has 0 spiro atoms. The number of hydrogen-bond donors (Lipinski definition) is 4. The Bertz CT molecular complexity index is 2100. The lowest BCUT2D eigenvalue weighted by Gasteiger charge is -2.18. The minimum Gasteiger partial charge on any atom is -0.441 e. The van der Waals surface area contributed by atoms with Gasteiger partial charge in [0.2, 0.25) is 23.6 Å². The van der Waals surface area contributed by atoms with E-state index in [4.69, 9.17) is 4.42 Å². The summed E-state index contributed by atoms with van der Waals surface area (Å²) in [5.74, 6) is -1.20. The molecule has 4 N–H and O–H groups in total. The smallest absolute Gasteiger partial charge is 0.253 e. The Hall–Kier alpha value is -5.78. The summed E-state index contributed by atoms with van der Waals surface area (Å²) in [6.07, 6.45) is 15.5. The molecule has 7 rings (SSSR count). The van der Waals surface area contributed by atoms with Crippen LogP contribution in [0.4, 0.5) is 0 Å². The molecule has 4 aromatic rings. The molecular weight excluding hydrogens is 817 g/mol. The van der Waals surface area contributed by atoms with Crippen molar-refractivity contribution in [1.29, 1.82) is 0 Å². The topological polar surface area (TPSA) is 163 Å². The standard InChI is InChI=1S/C53H68N6O6/c1-3-5-7-9-10-11-18-24-48(60)56-46(52(63)54-29-19-8-6-4-2)32-49-55-33-47(65-49)38-25-27-39(28-26-38)53(64)59-34-42(50(61)57-44-30-40(44)36-20-14-12-15-21-36)43(35-59)51(62)58-45-31-41(45)37-22-16-13-17-23-37/h12-17,20-23,25-28,33,40-46H,3-11,18-19,24,29-32,34-35H2,1-2H3,(H,54,63)(H,56,60)(H,57,61)(H,58,62)/t40-,41-,42-,43-,44+,45+,46?/m1/s1. The molecule has 12 nitrogen and oxygen atoms in total. The highest BCUT2D eigenvalue weighted by Gasteiger charge is 2.49. The van der Waals surface area contributed by atoms with Gasteiger partial charge in [-0.1, -0.05) is 144 Å². The Kier molecular flexibility index (Phi) is 17.0. The first-order chi connectivity index (χ1) is 31.7. The molecule has 1 aliphatic heterocycles. The van der Waals surface area contributed by atoms with Crippen LogP contribution in [-0.4, -0.2) is 77.2 Å². The number of carbonyl (C=O) groups is 5. The van der Waals surface area contributed by atoms with Crippen LogP contribution in [0, 0.1) is 11.8 Å². The van der Waals surface area contributed by atoms with Crippen molar-refractivity contribution in [2.75, 3.05) is 19.6 Å². The van der Waals surface area contributed by atoms with Crippen molar-refractivity contribution >= 4 is 29.5 Å². The first-order valence-electron chi connectivity index (χ1n) is 24.3. The Labute approximate surface area is 384 Å². The second kappa shape index (κ2) is 23.4. The molecule has 1 unspecified atom stereocenters. The third-order valence-corrected chi connectivity index (χ3v) is 13.3. The first kappa shape index (κ1) is 47.2. The van der Waals surface area contributed by atoms with Crippen molar-refractivity contribution in [2.45, 2.75) is 140 Å². The summed E-state index contributed by atoms with van der Waals surface area (Å²) < 4.78 is 6.13. The Morgan fingerprint density at radius 3 is 1.78 bits per heavy atom. The second-order valence-corrected chi connectivity index (χ2v) is 18.4. The van der Waals surface area contributed by atoms with E-state index in [0.29, 0.717) is 35.7 Å². The largest absolute Gasteiger partial charge is 0.441 e. The van der Waals surface area contributed by atoms with Crippen molar-refractivity contribution in [3.63, 3.8) is 0 Å². The molecule has 2 saturated carbocycles. The fourth-order valence-corrected chi connectivity index (χ4v) is 9.20. The van der Waals surface area contributed by atoms with Gasteiger partial charge < -0.3 is 30.6 Å². The maximum absolute atomic E-state index is 14.1. The second-order valence-electron chi connectivity index (χ2n) is 18.4. The molecule has 3 aliphatic rings. The van der Waals surface area contributed by atoms with Gasteiger partial charge in [0, 0.05) is 61.1 Å². The molecule has 1 aromatic heterocycles. The average molecular weight is 885 g/mol. The molecule has 2 heterocycles. The molecule has 7 atom stereocenters. The predicted molar refractivity (Wildman–Crippen MR) is 252 cm³/mol. The number of nitrogens with zero attached hydrogens (tertiary/aromatic N) is 2. The average Bonchev–Trinajstić information content (AvgIpc) is 4.16. The third-order valence-electron chi connectivity index (χ3n) is 13.3. The lowest BCUT2D eigenvalue weighted by Crippen LogP contribution is -2.48. The van der Waals surface area contributed by atoms with E-state index in [2.05, 4.69) is 64.4 Å². The number of benzene rings is 3. The summed E-state index contributed by atoms with van der Waals surface area (Å²) in [6, 6.07) is 26.4. The normalized spacial score (nSPS) is 21.3. The zero-order chi connectivity index (χ0) is 45.5. The molecular formula is C53H68N6O6. The predicted octanol–water partition coefficient (Wildman–Crippen LogP) is 8.24. The summed E-state index contributed by atoms with van der Waals surface area (Å²) in [7, 11) is 0. The van der Waals surface area contributed by atoms with Gasteiger partial charge in [0.15, 0.2) is 11.7 Å². The highest BCUT2D eigenvalue weighted by atomic mass is 16.4. The number of nitrogens with one attached hydrogen (secondary N) is 4. The van der Waals surface area contributed by atoms with Gasteiger partial charge in [-0.2, -0.15) is 0 Å². The van der Waals surface area contributed by atoms with E-state index in [1.165, 1.54) is 36.8 Å². The van der Waals surface area contributed by atoms with E-state index in [0.717, 1.165) is 57.8 Å². The SMILES string of the molecule is CCCCCCCCCC(=O)NC(Cc1ncc(-c2ccc(C(=O)N3C[C@@H](C(=O)N[C@H]4C[C@@H]4c4ccccc4)[C@H](C(=O)N[C@H]4C[C@@H]4c4ccccc4)C3)cc2)o1)C(=O)NCCCCCC. The van der Waals surface area contributed by atoms with E-state index >= 15 is 0 Å². The van der Waals surface area contributed by atoms with E-state index in [1.807, 2.05) is 36.4 Å². The Morgan fingerprint density at radius 2 is 1.22 bits per heavy atom. The summed E-state index contributed by atoms with van der Waals surface area (Å²) in [4.78, 5) is 74.4. The molecule has 12 heteroatoms. The molecule has 5 amide bonds. The van der Waals surface area contributed by atoms with Crippen LogP contribution in [0.15, 0.2) is 95.5 Å². The van der Waals surface area contributed by atoms with Gasteiger partial charge in [-0.15, -0.1) is 0 Å². The van der Waals surface area contributed by atoms with E-state index in [-0.39, 0.29) is 73.0 Å². The summed E-state index contributed by atoms with van der Waals surface area (Å²) in [5, 5.41) is 12.3. The van der Waals surface area contributed by atoms with E-state index < -0.39 is 17.9 Å². The van der Waals surface area contributed by atoms with Gasteiger partial charge in [-0.05, 0) is 48.9 Å². The lowest BCUT2D eigenvalue weighted by molar-refractivity contribution is -0.133. The summed E-state index contributed by atoms with van der Waals surface area (Å²) in [5.41, 5.74) is 3.47. The number of amides is 5. The van der Waals surface area contributed by atoms with Crippen LogP contribution in [0.1, 0.15) is 143 Å². The number of aromatic nitrogens is 1. The fourth-order valence-electron chi connectivity index (χ4n) is 9.20. The lowest BCUT2D eigenvalue weighted by atomic mass is 9.94. The monoisotopic (exact) mass is 885 g/mol. The number of carbonyl (C=O) groups excluding carboxylic acids is 5. The fraction of sp³-hybridized carbons (Fsp3) is 0.509. The molecule has 0 bridgehead atoms. The maximum atomic E-state index is 14.1. The molecule has 3 aromatic carbocycles. The van der Waals surface area contributed by atoms with Crippen LogP contribution in [0.5, 0.6) is 0 Å². The highest BCUT2D eigenvalue weighted by Crippen LogP contribution is 2.43.